The average Bonchev–Trinajstić information content (AvgIpc) is 3.36. The molecule has 0 spiro atoms. The van der Waals surface area contributed by atoms with Gasteiger partial charge in [0.15, 0.2) is 0 Å². The molecule has 27 heavy (non-hydrogen) atoms. The monoisotopic (exact) mass is 372 g/mol. The second-order valence-electron chi connectivity index (χ2n) is 7.80. The molecule has 1 aromatic heterocycles. The van der Waals surface area contributed by atoms with Crippen molar-refractivity contribution >= 4 is 6.01 Å². The Morgan fingerprint density at radius 2 is 1.74 bits per heavy atom. The molecule has 0 unspecified atom stereocenters. The minimum Gasteiger partial charge on any atom is -0.396 e. The Hall–Kier alpha value is -1.96. The first-order chi connectivity index (χ1) is 13.3. The van der Waals surface area contributed by atoms with E-state index in [2.05, 4.69) is 19.9 Å². The third-order valence-electron chi connectivity index (χ3n) is 5.99. The molecule has 0 saturated carbocycles. The van der Waals surface area contributed by atoms with Gasteiger partial charge in [0.1, 0.15) is 0 Å². The molecule has 2 aliphatic rings. The van der Waals surface area contributed by atoms with Crippen LogP contribution in [-0.2, 0) is 0 Å². The summed E-state index contributed by atoms with van der Waals surface area (Å²) in [7, 11) is 0. The van der Waals surface area contributed by atoms with Gasteiger partial charge in [-0.05, 0) is 37.8 Å². The Kier molecular flexibility index (Phi) is 5.71. The van der Waals surface area contributed by atoms with Crippen LogP contribution in [0.1, 0.15) is 12.8 Å². The molecule has 2 saturated heterocycles. The number of hydrogen-bond acceptors (Lipinski definition) is 7. The van der Waals surface area contributed by atoms with Gasteiger partial charge in [-0.25, -0.2) is 0 Å². The van der Waals surface area contributed by atoms with Crippen LogP contribution >= 0.6 is 0 Å². The lowest BCUT2D eigenvalue weighted by molar-refractivity contribution is 0.106. The van der Waals surface area contributed by atoms with Crippen LogP contribution in [-0.4, -0.2) is 71.2 Å². The maximum atomic E-state index is 9.85. The van der Waals surface area contributed by atoms with E-state index in [1.54, 1.807) is 0 Å². The van der Waals surface area contributed by atoms with Gasteiger partial charge in [-0.15, -0.1) is 0 Å². The van der Waals surface area contributed by atoms with E-state index in [1.165, 1.54) is 0 Å². The number of piperidine rings is 1. The first kappa shape index (κ1) is 18.4. The SMILES string of the molecule is OCC1CCN(C[C@@H]2CN(c3nc(-c4ccccc4)no3)C[C@@H]2CO)CC1. The van der Waals surface area contributed by atoms with Crippen molar-refractivity contribution < 1.29 is 14.7 Å². The van der Waals surface area contributed by atoms with E-state index in [0.29, 0.717) is 30.3 Å². The summed E-state index contributed by atoms with van der Waals surface area (Å²) < 4.78 is 5.50. The van der Waals surface area contributed by atoms with E-state index >= 15 is 0 Å². The minimum atomic E-state index is 0.175. The Morgan fingerprint density at radius 3 is 2.44 bits per heavy atom. The van der Waals surface area contributed by atoms with E-state index < -0.39 is 0 Å². The van der Waals surface area contributed by atoms with Crippen molar-refractivity contribution in [3.05, 3.63) is 30.3 Å². The molecule has 3 heterocycles. The predicted molar refractivity (Wildman–Crippen MR) is 102 cm³/mol. The minimum absolute atomic E-state index is 0.175. The van der Waals surface area contributed by atoms with Crippen LogP contribution in [0.5, 0.6) is 0 Å². The van der Waals surface area contributed by atoms with Crippen molar-refractivity contribution in [3.63, 3.8) is 0 Å². The van der Waals surface area contributed by atoms with Crippen LogP contribution in [0, 0.1) is 17.8 Å². The molecule has 2 aromatic rings. The van der Waals surface area contributed by atoms with Crippen molar-refractivity contribution in [2.24, 2.45) is 17.8 Å². The number of aliphatic hydroxyl groups excluding tert-OH is 2. The molecule has 2 fully saturated rings. The van der Waals surface area contributed by atoms with Crippen molar-refractivity contribution in [3.8, 4) is 11.4 Å². The molecular weight excluding hydrogens is 344 g/mol. The highest BCUT2D eigenvalue weighted by Gasteiger charge is 2.36. The first-order valence-electron chi connectivity index (χ1n) is 9.85. The van der Waals surface area contributed by atoms with Gasteiger partial charge in [0, 0.05) is 44.3 Å². The summed E-state index contributed by atoms with van der Waals surface area (Å²) in [4.78, 5) is 9.13. The standard InChI is InChI=1S/C20H28N4O3/c25-13-15-6-8-23(9-7-15)10-17-11-24(12-18(17)14-26)20-21-19(22-27-20)16-4-2-1-3-5-16/h1-5,15,17-18,25-26H,6-14H2/t17-,18-/m1/s1. The fourth-order valence-corrected chi connectivity index (χ4v) is 4.24. The zero-order valence-electron chi connectivity index (χ0n) is 15.6. The average molecular weight is 372 g/mol. The van der Waals surface area contributed by atoms with Crippen LogP contribution in [0.2, 0.25) is 0 Å². The number of hydrogen-bond donors (Lipinski definition) is 2. The van der Waals surface area contributed by atoms with Gasteiger partial charge in [-0.3, -0.25) is 0 Å². The Morgan fingerprint density at radius 1 is 1.00 bits per heavy atom. The number of aliphatic hydroxyl groups is 2. The Bertz CT molecular complexity index is 715. The fourth-order valence-electron chi connectivity index (χ4n) is 4.24. The van der Waals surface area contributed by atoms with Gasteiger partial charge in [0.05, 0.1) is 0 Å². The molecule has 0 radical (unpaired) electrons. The Labute approximate surface area is 159 Å². The summed E-state index contributed by atoms with van der Waals surface area (Å²) in [6.07, 6.45) is 2.11. The molecule has 2 N–H and O–H groups in total. The lowest BCUT2D eigenvalue weighted by Crippen LogP contribution is -2.40. The summed E-state index contributed by atoms with van der Waals surface area (Å²) in [6, 6.07) is 10.3. The molecule has 1 aromatic carbocycles. The normalized spacial score (nSPS) is 24.6. The van der Waals surface area contributed by atoms with Crippen LogP contribution in [0.4, 0.5) is 6.01 Å². The molecule has 0 aliphatic carbocycles. The third-order valence-corrected chi connectivity index (χ3v) is 5.99. The number of nitrogens with zero attached hydrogens (tertiary/aromatic N) is 4. The van der Waals surface area contributed by atoms with Crippen molar-refractivity contribution in [2.75, 3.05) is 50.8 Å². The summed E-state index contributed by atoms with van der Waals surface area (Å²) >= 11 is 0. The number of rotatable bonds is 6. The van der Waals surface area contributed by atoms with Gasteiger partial charge in [-0.1, -0.05) is 35.5 Å². The molecule has 0 amide bonds. The largest absolute Gasteiger partial charge is 0.396 e. The van der Waals surface area contributed by atoms with Crippen LogP contribution in [0.25, 0.3) is 11.4 Å². The van der Waals surface area contributed by atoms with Gasteiger partial charge < -0.3 is 24.5 Å². The zero-order valence-corrected chi connectivity index (χ0v) is 15.6. The van der Waals surface area contributed by atoms with Crippen molar-refractivity contribution in [1.29, 1.82) is 0 Å². The molecule has 7 nitrogen and oxygen atoms in total. The van der Waals surface area contributed by atoms with E-state index in [0.717, 1.165) is 51.1 Å². The molecule has 146 valence electrons. The summed E-state index contributed by atoms with van der Waals surface area (Å²) in [5, 5.41) is 23.3. The van der Waals surface area contributed by atoms with Crippen LogP contribution in [0.3, 0.4) is 0 Å². The first-order valence-corrected chi connectivity index (χ1v) is 9.85. The maximum absolute atomic E-state index is 9.85. The quantitative estimate of drug-likeness (QED) is 0.794. The smallest absolute Gasteiger partial charge is 0.324 e. The zero-order chi connectivity index (χ0) is 18.6. The molecule has 2 atom stereocenters. The molecule has 7 heteroatoms. The summed E-state index contributed by atoms with van der Waals surface area (Å²) in [5.41, 5.74) is 0.939. The highest BCUT2D eigenvalue weighted by molar-refractivity contribution is 5.55. The van der Waals surface area contributed by atoms with E-state index in [4.69, 9.17) is 4.52 Å². The van der Waals surface area contributed by atoms with E-state index in [9.17, 15) is 10.2 Å². The number of likely N-dealkylation sites (tertiary alicyclic amines) is 1. The number of benzene rings is 1. The summed E-state index contributed by atoms with van der Waals surface area (Å²) in [6.45, 7) is 5.06. The number of aromatic nitrogens is 2. The molecule has 4 rings (SSSR count). The van der Waals surface area contributed by atoms with E-state index in [1.807, 2.05) is 30.3 Å². The van der Waals surface area contributed by atoms with Gasteiger partial charge >= 0.3 is 6.01 Å². The fraction of sp³-hybridized carbons (Fsp3) is 0.600. The molecule has 0 bridgehead atoms. The number of anilines is 1. The van der Waals surface area contributed by atoms with Crippen molar-refractivity contribution in [2.45, 2.75) is 12.8 Å². The van der Waals surface area contributed by atoms with Crippen molar-refractivity contribution in [1.82, 2.24) is 15.0 Å². The van der Waals surface area contributed by atoms with Gasteiger partial charge in [0.25, 0.3) is 0 Å². The highest BCUT2D eigenvalue weighted by atomic mass is 16.5. The van der Waals surface area contributed by atoms with Crippen LogP contribution < -0.4 is 4.90 Å². The third kappa shape index (κ3) is 4.15. The second-order valence-corrected chi connectivity index (χ2v) is 7.80. The van der Waals surface area contributed by atoms with Gasteiger partial charge in [0.2, 0.25) is 5.82 Å². The lowest BCUT2D eigenvalue weighted by atomic mass is 9.93. The predicted octanol–water partition coefficient (Wildman–Crippen LogP) is 1.49. The molecular formula is C20H28N4O3. The van der Waals surface area contributed by atoms with Crippen LogP contribution in [0.15, 0.2) is 34.9 Å². The second kappa shape index (κ2) is 8.37. The van der Waals surface area contributed by atoms with Gasteiger partial charge in [-0.2, -0.15) is 4.98 Å². The molecule has 2 aliphatic heterocycles. The highest BCUT2D eigenvalue weighted by Crippen LogP contribution is 2.30. The summed E-state index contributed by atoms with van der Waals surface area (Å²) in [5.74, 6) is 1.64. The van der Waals surface area contributed by atoms with E-state index in [-0.39, 0.29) is 12.5 Å². The maximum Gasteiger partial charge on any atom is 0.324 e. The topological polar surface area (TPSA) is 85.9 Å². The Balaban J connectivity index is 1.39. The lowest BCUT2D eigenvalue weighted by Gasteiger charge is -2.33.